The van der Waals surface area contributed by atoms with Crippen LogP contribution in [0.4, 0.5) is 4.79 Å². The number of hydrogen-bond acceptors (Lipinski definition) is 4. The van der Waals surface area contributed by atoms with Gasteiger partial charge in [0.05, 0.1) is 6.61 Å². The minimum Gasteiger partial charge on any atom is -0.444 e. The molecule has 130 valence electrons. The van der Waals surface area contributed by atoms with Crippen molar-refractivity contribution in [3.05, 3.63) is 35.9 Å². The summed E-state index contributed by atoms with van der Waals surface area (Å²) >= 11 is 0. The highest BCUT2D eigenvalue weighted by molar-refractivity contribution is 5.67. The molecular formula is C18H29NO4. The Labute approximate surface area is 139 Å². The van der Waals surface area contributed by atoms with Crippen LogP contribution in [0.1, 0.15) is 39.2 Å². The minimum atomic E-state index is -0.458. The summed E-state index contributed by atoms with van der Waals surface area (Å²) in [5.41, 5.74) is 0.724. The van der Waals surface area contributed by atoms with Gasteiger partial charge in [-0.2, -0.15) is 0 Å². The zero-order valence-corrected chi connectivity index (χ0v) is 14.5. The Balaban J connectivity index is 1.86. The van der Waals surface area contributed by atoms with Crippen LogP contribution >= 0.6 is 0 Å². The average molecular weight is 323 g/mol. The van der Waals surface area contributed by atoms with Gasteiger partial charge in [0.2, 0.25) is 0 Å². The molecule has 1 aromatic rings. The van der Waals surface area contributed by atoms with Gasteiger partial charge in [0, 0.05) is 26.4 Å². The van der Waals surface area contributed by atoms with Crippen molar-refractivity contribution in [2.45, 2.75) is 45.8 Å². The summed E-state index contributed by atoms with van der Waals surface area (Å²) in [6.07, 6.45) is 1.25. The first kappa shape index (κ1) is 19.5. The molecule has 1 amide bonds. The summed E-state index contributed by atoms with van der Waals surface area (Å²) in [6.45, 7) is 8.70. The fraction of sp³-hybridized carbons (Fsp3) is 0.611. The van der Waals surface area contributed by atoms with Gasteiger partial charge < -0.3 is 19.5 Å². The molecule has 0 heterocycles. The molecule has 0 spiro atoms. The Morgan fingerprint density at radius 1 is 1.00 bits per heavy atom. The first-order chi connectivity index (χ1) is 11.0. The molecule has 0 aliphatic heterocycles. The predicted molar refractivity (Wildman–Crippen MR) is 90.4 cm³/mol. The van der Waals surface area contributed by atoms with Crippen molar-refractivity contribution in [3.63, 3.8) is 0 Å². The quantitative estimate of drug-likeness (QED) is 0.669. The van der Waals surface area contributed by atoms with Crippen molar-refractivity contribution in [1.29, 1.82) is 0 Å². The van der Waals surface area contributed by atoms with E-state index >= 15 is 0 Å². The number of ether oxygens (including phenoxy) is 3. The number of benzene rings is 1. The first-order valence-electron chi connectivity index (χ1n) is 8.13. The monoisotopic (exact) mass is 323 g/mol. The normalized spacial score (nSPS) is 11.3. The van der Waals surface area contributed by atoms with E-state index < -0.39 is 5.60 Å². The highest BCUT2D eigenvalue weighted by Crippen LogP contribution is 2.06. The van der Waals surface area contributed by atoms with Gasteiger partial charge in [-0.1, -0.05) is 30.3 Å². The molecule has 0 unspecified atom stereocenters. The van der Waals surface area contributed by atoms with Crippen molar-refractivity contribution in [1.82, 2.24) is 5.32 Å². The van der Waals surface area contributed by atoms with Crippen LogP contribution in [-0.4, -0.2) is 38.1 Å². The first-order valence-corrected chi connectivity index (χ1v) is 8.13. The van der Waals surface area contributed by atoms with E-state index in [9.17, 15) is 4.79 Å². The maximum Gasteiger partial charge on any atom is 0.407 e. The Kier molecular flexibility index (Phi) is 9.33. The molecule has 0 aromatic heterocycles. The molecule has 0 atom stereocenters. The zero-order valence-electron chi connectivity index (χ0n) is 14.5. The molecule has 0 bridgehead atoms. The molecule has 23 heavy (non-hydrogen) atoms. The molecule has 0 fully saturated rings. The third-order valence-electron chi connectivity index (χ3n) is 2.82. The number of rotatable bonds is 10. The van der Waals surface area contributed by atoms with Crippen LogP contribution in [0.15, 0.2) is 30.3 Å². The van der Waals surface area contributed by atoms with E-state index in [0.29, 0.717) is 33.0 Å². The summed E-state index contributed by atoms with van der Waals surface area (Å²) in [5.74, 6) is 0. The van der Waals surface area contributed by atoms with Crippen LogP contribution in [0.3, 0.4) is 0 Å². The van der Waals surface area contributed by atoms with Crippen molar-refractivity contribution >= 4 is 6.09 Å². The van der Waals surface area contributed by atoms with Crippen molar-refractivity contribution in [2.24, 2.45) is 0 Å². The van der Waals surface area contributed by atoms with Crippen LogP contribution in [0, 0.1) is 0 Å². The Hall–Kier alpha value is -1.59. The van der Waals surface area contributed by atoms with Crippen molar-refractivity contribution in [3.8, 4) is 0 Å². The summed E-state index contributed by atoms with van der Waals surface area (Å²) in [6, 6.07) is 10.1. The molecule has 5 nitrogen and oxygen atoms in total. The SMILES string of the molecule is CC(C)(C)OC(=O)NCCCOCCCOCc1ccccc1. The largest absolute Gasteiger partial charge is 0.444 e. The van der Waals surface area contributed by atoms with Gasteiger partial charge in [0.15, 0.2) is 0 Å². The Morgan fingerprint density at radius 2 is 1.65 bits per heavy atom. The molecule has 1 rings (SSSR count). The lowest BCUT2D eigenvalue weighted by atomic mass is 10.2. The Morgan fingerprint density at radius 3 is 2.35 bits per heavy atom. The van der Waals surface area contributed by atoms with E-state index in [1.54, 1.807) is 0 Å². The number of hydrogen-bond donors (Lipinski definition) is 1. The zero-order chi connectivity index (χ0) is 17.0. The van der Waals surface area contributed by atoms with Crippen LogP contribution in [0.5, 0.6) is 0 Å². The standard InChI is InChI=1S/C18H29NO4/c1-18(2,3)23-17(20)19-11-7-12-21-13-8-14-22-15-16-9-5-4-6-10-16/h4-6,9-10H,7-8,11-15H2,1-3H3,(H,19,20). The summed E-state index contributed by atoms with van der Waals surface area (Å²) < 4.78 is 16.2. The van der Waals surface area contributed by atoms with E-state index in [1.165, 1.54) is 5.56 Å². The van der Waals surface area contributed by atoms with Gasteiger partial charge in [-0.15, -0.1) is 0 Å². The van der Waals surface area contributed by atoms with Gasteiger partial charge in [-0.05, 0) is 39.2 Å². The lowest BCUT2D eigenvalue weighted by Gasteiger charge is -2.19. The lowest BCUT2D eigenvalue weighted by Crippen LogP contribution is -2.33. The van der Waals surface area contributed by atoms with Gasteiger partial charge in [-0.3, -0.25) is 0 Å². The summed E-state index contributed by atoms with van der Waals surface area (Å²) in [5, 5.41) is 2.70. The highest BCUT2D eigenvalue weighted by atomic mass is 16.6. The van der Waals surface area contributed by atoms with Gasteiger partial charge in [-0.25, -0.2) is 4.79 Å². The fourth-order valence-electron chi connectivity index (χ4n) is 1.81. The summed E-state index contributed by atoms with van der Waals surface area (Å²) in [4.78, 5) is 11.4. The van der Waals surface area contributed by atoms with Crippen molar-refractivity contribution < 1.29 is 19.0 Å². The van der Waals surface area contributed by atoms with Crippen LogP contribution in [0.25, 0.3) is 0 Å². The summed E-state index contributed by atoms with van der Waals surface area (Å²) in [7, 11) is 0. The highest BCUT2D eigenvalue weighted by Gasteiger charge is 2.15. The third kappa shape index (κ3) is 11.6. The van der Waals surface area contributed by atoms with E-state index in [-0.39, 0.29) is 6.09 Å². The minimum absolute atomic E-state index is 0.383. The maximum atomic E-state index is 11.4. The number of alkyl carbamates (subject to hydrolysis) is 1. The molecule has 1 aromatic carbocycles. The van der Waals surface area contributed by atoms with Crippen LogP contribution < -0.4 is 5.32 Å². The Bertz CT molecular complexity index is 428. The third-order valence-corrected chi connectivity index (χ3v) is 2.82. The second kappa shape index (κ2) is 11.0. The number of amides is 1. The lowest BCUT2D eigenvalue weighted by molar-refractivity contribution is 0.0514. The van der Waals surface area contributed by atoms with Gasteiger partial charge in [0.25, 0.3) is 0 Å². The van der Waals surface area contributed by atoms with Crippen LogP contribution in [0.2, 0.25) is 0 Å². The van der Waals surface area contributed by atoms with Crippen molar-refractivity contribution in [2.75, 3.05) is 26.4 Å². The molecule has 0 saturated heterocycles. The second-order valence-corrected chi connectivity index (χ2v) is 6.29. The molecule has 0 radical (unpaired) electrons. The fourth-order valence-corrected chi connectivity index (χ4v) is 1.81. The van der Waals surface area contributed by atoms with E-state index in [0.717, 1.165) is 12.8 Å². The number of nitrogens with one attached hydrogen (secondary N) is 1. The molecule has 0 aliphatic rings. The molecule has 5 heteroatoms. The van der Waals surface area contributed by atoms with Gasteiger partial charge in [0.1, 0.15) is 5.60 Å². The molecule has 0 saturated carbocycles. The van der Waals surface area contributed by atoms with E-state index in [4.69, 9.17) is 14.2 Å². The molecule has 0 aliphatic carbocycles. The molecule has 1 N–H and O–H groups in total. The molecular weight excluding hydrogens is 294 g/mol. The van der Waals surface area contributed by atoms with Gasteiger partial charge >= 0.3 is 6.09 Å². The second-order valence-electron chi connectivity index (χ2n) is 6.29. The predicted octanol–water partition coefficient (Wildman–Crippen LogP) is 3.52. The smallest absolute Gasteiger partial charge is 0.407 e. The van der Waals surface area contributed by atoms with E-state index in [1.807, 2.05) is 51.1 Å². The topological polar surface area (TPSA) is 56.8 Å². The number of carbonyl (C=O) groups is 1. The maximum absolute atomic E-state index is 11.4. The van der Waals surface area contributed by atoms with E-state index in [2.05, 4.69) is 5.32 Å². The number of carbonyl (C=O) groups excluding carboxylic acids is 1. The average Bonchev–Trinajstić information content (AvgIpc) is 2.48. The van der Waals surface area contributed by atoms with Crippen LogP contribution in [-0.2, 0) is 20.8 Å².